The van der Waals surface area contributed by atoms with Crippen molar-refractivity contribution in [1.82, 2.24) is 19.8 Å². The molecule has 3 rings (SSSR count). The molecule has 2 fully saturated rings. The highest BCUT2D eigenvalue weighted by Crippen LogP contribution is 2.39. The lowest BCUT2D eigenvalue weighted by atomic mass is 9.73. The van der Waals surface area contributed by atoms with Crippen LogP contribution >= 0.6 is 11.6 Å². The van der Waals surface area contributed by atoms with Crippen molar-refractivity contribution >= 4 is 23.6 Å². The number of likely N-dealkylation sites (tertiary alicyclic amines) is 2. The van der Waals surface area contributed by atoms with Crippen LogP contribution in [0.4, 0.5) is 4.79 Å². The van der Waals surface area contributed by atoms with E-state index in [4.69, 9.17) is 16.3 Å². The molecule has 0 aromatic carbocycles. The van der Waals surface area contributed by atoms with Gasteiger partial charge in [-0.2, -0.15) is 0 Å². The van der Waals surface area contributed by atoms with Crippen LogP contribution in [-0.4, -0.2) is 63.5 Å². The summed E-state index contributed by atoms with van der Waals surface area (Å²) in [5, 5.41) is 0.261. The Bertz CT molecular complexity index is 665. The Labute approximate surface area is 152 Å². The van der Waals surface area contributed by atoms with Crippen LogP contribution in [0.25, 0.3) is 0 Å². The molecule has 2 aliphatic heterocycles. The van der Waals surface area contributed by atoms with Gasteiger partial charge in [0.25, 0.3) is 5.91 Å². The molecule has 0 bridgehead atoms. The molecule has 2 aliphatic rings. The second kappa shape index (κ2) is 6.44. The number of ether oxygens (including phenoxy) is 1. The van der Waals surface area contributed by atoms with E-state index < -0.39 is 5.60 Å². The van der Waals surface area contributed by atoms with Crippen molar-refractivity contribution in [2.45, 2.75) is 39.2 Å². The van der Waals surface area contributed by atoms with E-state index in [0.717, 1.165) is 12.8 Å². The quantitative estimate of drug-likeness (QED) is 0.763. The SMILES string of the molecule is CC(C)(C)OC(=O)N1CCCC2(C1)CN(C(=O)c1cnc(Cl)cn1)C2. The van der Waals surface area contributed by atoms with Gasteiger partial charge in [-0.25, -0.2) is 14.8 Å². The van der Waals surface area contributed by atoms with E-state index in [1.165, 1.54) is 12.4 Å². The molecule has 1 aromatic heterocycles. The van der Waals surface area contributed by atoms with Crippen molar-refractivity contribution in [3.63, 3.8) is 0 Å². The Morgan fingerprint density at radius 2 is 1.84 bits per heavy atom. The first-order valence-electron chi connectivity index (χ1n) is 8.42. The highest BCUT2D eigenvalue weighted by Gasteiger charge is 2.49. The highest BCUT2D eigenvalue weighted by atomic mass is 35.5. The Morgan fingerprint density at radius 3 is 2.44 bits per heavy atom. The largest absolute Gasteiger partial charge is 0.444 e. The minimum atomic E-state index is -0.503. The van der Waals surface area contributed by atoms with Crippen molar-refractivity contribution in [2.24, 2.45) is 5.41 Å². The standard InChI is InChI=1S/C17H23ClN4O3/c1-16(2,3)25-15(24)21-6-4-5-17(9-21)10-22(11-17)14(23)12-7-20-13(18)8-19-12/h7-8H,4-6,9-11H2,1-3H3. The molecule has 2 amide bonds. The number of nitrogens with zero attached hydrogens (tertiary/aromatic N) is 4. The van der Waals surface area contributed by atoms with Crippen LogP contribution < -0.4 is 0 Å². The molecule has 0 unspecified atom stereocenters. The summed E-state index contributed by atoms with van der Waals surface area (Å²) in [6, 6.07) is 0. The van der Waals surface area contributed by atoms with Gasteiger partial charge in [-0.05, 0) is 33.6 Å². The summed E-state index contributed by atoms with van der Waals surface area (Å²) in [6.45, 7) is 8.15. The minimum Gasteiger partial charge on any atom is -0.444 e. The van der Waals surface area contributed by atoms with Crippen molar-refractivity contribution in [3.05, 3.63) is 23.2 Å². The van der Waals surface area contributed by atoms with Crippen molar-refractivity contribution < 1.29 is 14.3 Å². The number of hydrogen-bond acceptors (Lipinski definition) is 5. The zero-order valence-corrected chi connectivity index (χ0v) is 15.5. The van der Waals surface area contributed by atoms with Crippen LogP contribution in [-0.2, 0) is 4.74 Å². The van der Waals surface area contributed by atoms with E-state index in [2.05, 4.69) is 9.97 Å². The first-order valence-corrected chi connectivity index (χ1v) is 8.80. The minimum absolute atomic E-state index is 0.0370. The Hall–Kier alpha value is -1.89. The molecule has 0 atom stereocenters. The van der Waals surface area contributed by atoms with E-state index in [-0.39, 0.29) is 22.6 Å². The first-order chi connectivity index (χ1) is 11.7. The molecule has 8 heteroatoms. The fourth-order valence-corrected chi connectivity index (χ4v) is 3.54. The molecule has 7 nitrogen and oxygen atoms in total. The van der Waals surface area contributed by atoms with Crippen LogP contribution in [0.15, 0.2) is 12.4 Å². The van der Waals surface area contributed by atoms with Gasteiger partial charge in [-0.3, -0.25) is 4.79 Å². The maximum absolute atomic E-state index is 12.4. The molecule has 0 saturated carbocycles. The molecule has 136 valence electrons. The van der Waals surface area contributed by atoms with Gasteiger partial charge in [0, 0.05) is 31.6 Å². The van der Waals surface area contributed by atoms with E-state index >= 15 is 0 Å². The number of hydrogen-bond donors (Lipinski definition) is 0. The second-order valence-corrected chi connectivity index (χ2v) is 8.28. The molecule has 25 heavy (non-hydrogen) atoms. The lowest BCUT2D eigenvalue weighted by Crippen LogP contribution is -2.65. The van der Waals surface area contributed by atoms with E-state index in [0.29, 0.717) is 31.9 Å². The van der Waals surface area contributed by atoms with Crippen LogP contribution in [0, 0.1) is 5.41 Å². The number of aromatic nitrogens is 2. The first kappa shape index (κ1) is 17.9. The van der Waals surface area contributed by atoms with Gasteiger partial charge in [-0.1, -0.05) is 11.6 Å². The number of rotatable bonds is 1. The van der Waals surface area contributed by atoms with Crippen LogP contribution in [0.1, 0.15) is 44.1 Å². The molecule has 0 aliphatic carbocycles. The number of piperidine rings is 1. The number of amides is 2. The molecular formula is C17H23ClN4O3. The molecule has 1 spiro atoms. The van der Waals surface area contributed by atoms with E-state index in [9.17, 15) is 9.59 Å². The topological polar surface area (TPSA) is 75.6 Å². The van der Waals surface area contributed by atoms with Crippen LogP contribution in [0.3, 0.4) is 0 Å². The molecule has 3 heterocycles. The molecular weight excluding hydrogens is 344 g/mol. The maximum atomic E-state index is 12.4. The molecule has 0 radical (unpaired) electrons. The van der Waals surface area contributed by atoms with Gasteiger partial charge >= 0.3 is 6.09 Å². The fourth-order valence-electron chi connectivity index (χ4n) is 3.44. The van der Waals surface area contributed by atoms with Gasteiger partial charge in [0.2, 0.25) is 0 Å². The third-order valence-electron chi connectivity index (χ3n) is 4.49. The Balaban J connectivity index is 1.59. The highest BCUT2D eigenvalue weighted by molar-refractivity contribution is 6.29. The van der Waals surface area contributed by atoms with Gasteiger partial charge in [0.05, 0.1) is 12.4 Å². The van der Waals surface area contributed by atoms with Crippen molar-refractivity contribution in [1.29, 1.82) is 0 Å². The predicted molar refractivity (Wildman–Crippen MR) is 92.4 cm³/mol. The zero-order valence-electron chi connectivity index (χ0n) is 14.8. The summed E-state index contributed by atoms with van der Waals surface area (Å²) < 4.78 is 5.47. The van der Waals surface area contributed by atoms with Crippen LogP contribution in [0.2, 0.25) is 5.15 Å². The van der Waals surface area contributed by atoms with Crippen molar-refractivity contribution in [3.8, 4) is 0 Å². The summed E-state index contributed by atoms with van der Waals surface area (Å²) in [5.41, 5.74) is -0.250. The molecule has 0 N–H and O–H groups in total. The number of carbonyl (C=O) groups excluding carboxylic acids is 2. The lowest BCUT2D eigenvalue weighted by molar-refractivity contribution is -0.0475. The van der Waals surface area contributed by atoms with Gasteiger partial charge < -0.3 is 14.5 Å². The normalized spacial score (nSPS) is 19.5. The summed E-state index contributed by atoms with van der Waals surface area (Å²) in [6.07, 6.45) is 4.41. The number of carbonyl (C=O) groups is 2. The predicted octanol–water partition coefficient (Wildman–Crippen LogP) is 2.60. The summed E-state index contributed by atoms with van der Waals surface area (Å²) in [7, 11) is 0. The average Bonchev–Trinajstić information content (AvgIpc) is 2.51. The van der Waals surface area contributed by atoms with E-state index in [1.54, 1.807) is 9.80 Å². The number of halogens is 1. The Morgan fingerprint density at radius 1 is 1.16 bits per heavy atom. The summed E-state index contributed by atoms with van der Waals surface area (Å²) in [5.74, 6) is -0.149. The van der Waals surface area contributed by atoms with Gasteiger partial charge in [0.15, 0.2) is 0 Å². The van der Waals surface area contributed by atoms with Gasteiger partial charge in [-0.15, -0.1) is 0 Å². The van der Waals surface area contributed by atoms with Gasteiger partial charge in [0.1, 0.15) is 16.4 Å². The maximum Gasteiger partial charge on any atom is 0.410 e. The average molecular weight is 367 g/mol. The summed E-state index contributed by atoms with van der Waals surface area (Å²) >= 11 is 5.70. The monoisotopic (exact) mass is 366 g/mol. The second-order valence-electron chi connectivity index (χ2n) is 7.89. The molecule has 2 saturated heterocycles. The summed E-state index contributed by atoms with van der Waals surface area (Å²) in [4.78, 5) is 36.2. The van der Waals surface area contributed by atoms with Crippen LogP contribution in [0.5, 0.6) is 0 Å². The zero-order chi connectivity index (χ0) is 18.2. The lowest BCUT2D eigenvalue weighted by Gasteiger charge is -2.54. The third kappa shape index (κ3) is 4.03. The van der Waals surface area contributed by atoms with Crippen molar-refractivity contribution in [2.75, 3.05) is 26.2 Å². The van der Waals surface area contributed by atoms with E-state index in [1.807, 2.05) is 20.8 Å². The Kier molecular flexibility index (Phi) is 4.62. The smallest absolute Gasteiger partial charge is 0.410 e. The molecule has 1 aromatic rings. The fraction of sp³-hybridized carbons (Fsp3) is 0.647. The third-order valence-corrected chi connectivity index (χ3v) is 4.69.